The molecule has 1 amide bonds. The zero-order chi connectivity index (χ0) is 19.9. The maximum Gasteiger partial charge on any atom is 0.261 e. The van der Waals surface area contributed by atoms with Gasteiger partial charge in [-0.1, -0.05) is 42.8 Å². The summed E-state index contributed by atoms with van der Waals surface area (Å²) in [6.45, 7) is 6.66. The molecule has 0 bridgehead atoms. The van der Waals surface area contributed by atoms with Crippen LogP contribution in [-0.2, 0) is 11.3 Å². The first-order valence-corrected chi connectivity index (χ1v) is 10.2. The summed E-state index contributed by atoms with van der Waals surface area (Å²) in [7, 11) is 2.15. The number of anilines is 1. The predicted molar refractivity (Wildman–Crippen MR) is 114 cm³/mol. The summed E-state index contributed by atoms with van der Waals surface area (Å²) in [5, 5.41) is 3.47. The molecule has 1 saturated heterocycles. The van der Waals surface area contributed by atoms with Crippen molar-refractivity contribution < 1.29 is 9.53 Å². The summed E-state index contributed by atoms with van der Waals surface area (Å²) in [5.74, 6) is 0.397. The molecular formula is C22H28ClN3O2. The number of ether oxygens (including phenoxy) is 1. The van der Waals surface area contributed by atoms with Crippen molar-refractivity contribution in [3.05, 3.63) is 59.1 Å². The Morgan fingerprint density at radius 1 is 1.11 bits per heavy atom. The van der Waals surface area contributed by atoms with E-state index in [4.69, 9.17) is 16.3 Å². The van der Waals surface area contributed by atoms with Gasteiger partial charge in [0.15, 0.2) is 6.10 Å². The summed E-state index contributed by atoms with van der Waals surface area (Å²) >= 11 is 6.13. The monoisotopic (exact) mass is 401 g/mol. The SMILES string of the molecule is CC[C@H](Oc1ccccc1Cl)C(=O)NCc1ccc(N2CCN(C)CC2)cc1. The molecule has 6 heteroatoms. The van der Waals surface area contributed by atoms with Gasteiger partial charge in [-0.2, -0.15) is 0 Å². The molecule has 2 aromatic carbocycles. The summed E-state index contributed by atoms with van der Waals surface area (Å²) in [6, 6.07) is 15.6. The van der Waals surface area contributed by atoms with Crippen LogP contribution in [0.1, 0.15) is 18.9 Å². The predicted octanol–water partition coefficient (Wildman–Crippen LogP) is 3.57. The number of para-hydroxylation sites is 1. The van der Waals surface area contributed by atoms with E-state index < -0.39 is 6.10 Å². The topological polar surface area (TPSA) is 44.8 Å². The number of benzene rings is 2. The van der Waals surface area contributed by atoms with Gasteiger partial charge in [-0.25, -0.2) is 0 Å². The highest BCUT2D eigenvalue weighted by atomic mass is 35.5. The second kappa shape index (κ2) is 9.80. The van der Waals surface area contributed by atoms with Crippen LogP contribution >= 0.6 is 11.6 Å². The number of rotatable bonds is 7. The second-order valence-electron chi connectivity index (χ2n) is 7.12. The van der Waals surface area contributed by atoms with Crippen molar-refractivity contribution in [3.8, 4) is 5.75 Å². The molecule has 0 unspecified atom stereocenters. The third-order valence-corrected chi connectivity index (χ3v) is 5.35. The van der Waals surface area contributed by atoms with Crippen molar-refractivity contribution in [3.63, 3.8) is 0 Å². The van der Waals surface area contributed by atoms with Crippen LogP contribution in [0.15, 0.2) is 48.5 Å². The number of nitrogens with zero attached hydrogens (tertiary/aromatic N) is 2. The molecule has 1 atom stereocenters. The molecule has 28 heavy (non-hydrogen) atoms. The van der Waals surface area contributed by atoms with Crippen LogP contribution in [-0.4, -0.2) is 50.1 Å². The van der Waals surface area contributed by atoms with E-state index >= 15 is 0 Å². The Kier molecular flexibility index (Phi) is 7.18. The first-order valence-electron chi connectivity index (χ1n) is 9.78. The molecule has 1 fully saturated rings. The van der Waals surface area contributed by atoms with Crippen LogP contribution in [0.4, 0.5) is 5.69 Å². The van der Waals surface area contributed by atoms with Crippen molar-refractivity contribution in [1.29, 1.82) is 0 Å². The first-order chi connectivity index (χ1) is 13.6. The molecule has 1 heterocycles. The molecule has 0 aromatic heterocycles. The lowest BCUT2D eigenvalue weighted by Crippen LogP contribution is -2.44. The fourth-order valence-electron chi connectivity index (χ4n) is 3.21. The maximum atomic E-state index is 12.5. The van der Waals surface area contributed by atoms with Crippen molar-refractivity contribution in [1.82, 2.24) is 10.2 Å². The summed E-state index contributed by atoms with van der Waals surface area (Å²) in [4.78, 5) is 17.3. The van der Waals surface area contributed by atoms with Gasteiger partial charge in [0.05, 0.1) is 5.02 Å². The van der Waals surface area contributed by atoms with Crippen molar-refractivity contribution in [2.24, 2.45) is 0 Å². The third-order valence-electron chi connectivity index (χ3n) is 5.04. The molecule has 150 valence electrons. The highest BCUT2D eigenvalue weighted by molar-refractivity contribution is 6.32. The molecule has 5 nitrogen and oxygen atoms in total. The van der Waals surface area contributed by atoms with Crippen LogP contribution in [0.3, 0.4) is 0 Å². The minimum atomic E-state index is -0.565. The second-order valence-corrected chi connectivity index (χ2v) is 7.53. The van der Waals surface area contributed by atoms with E-state index in [1.54, 1.807) is 12.1 Å². The third kappa shape index (κ3) is 5.40. The van der Waals surface area contributed by atoms with Crippen molar-refractivity contribution >= 4 is 23.2 Å². The van der Waals surface area contributed by atoms with Gasteiger partial charge in [-0.15, -0.1) is 0 Å². The Bertz CT molecular complexity index is 774. The molecular weight excluding hydrogens is 374 g/mol. The molecule has 3 rings (SSSR count). The molecule has 1 aliphatic heterocycles. The molecule has 1 aliphatic rings. The van der Waals surface area contributed by atoms with E-state index in [1.165, 1.54) is 5.69 Å². The standard InChI is InChI=1S/C22H28ClN3O2/c1-3-20(28-21-7-5-4-6-19(21)23)22(27)24-16-17-8-10-18(11-9-17)26-14-12-25(2)13-15-26/h4-11,20H,3,12-16H2,1-2H3,(H,24,27)/t20-/m0/s1. The van der Waals surface area contributed by atoms with Crippen molar-refractivity contribution in [2.45, 2.75) is 26.0 Å². The lowest BCUT2D eigenvalue weighted by Gasteiger charge is -2.34. The van der Waals surface area contributed by atoms with Gasteiger partial charge in [0.25, 0.3) is 5.91 Å². The van der Waals surface area contributed by atoms with E-state index in [9.17, 15) is 4.79 Å². The fourth-order valence-corrected chi connectivity index (χ4v) is 3.39. The maximum absolute atomic E-state index is 12.5. The minimum Gasteiger partial charge on any atom is -0.479 e. The van der Waals surface area contributed by atoms with E-state index in [1.807, 2.05) is 19.1 Å². The number of piperazine rings is 1. The number of halogens is 1. The number of carbonyl (C=O) groups excluding carboxylic acids is 1. The number of hydrogen-bond acceptors (Lipinski definition) is 4. The fraction of sp³-hybridized carbons (Fsp3) is 0.409. The Hall–Kier alpha value is -2.24. The van der Waals surface area contributed by atoms with Crippen molar-refractivity contribution in [2.75, 3.05) is 38.1 Å². The van der Waals surface area contributed by atoms with E-state index in [2.05, 4.69) is 46.4 Å². The number of nitrogens with one attached hydrogen (secondary N) is 1. The van der Waals surface area contributed by atoms with Crippen LogP contribution in [0.2, 0.25) is 5.02 Å². The normalized spacial score (nSPS) is 15.9. The van der Waals surface area contributed by atoms with Crippen LogP contribution in [0.5, 0.6) is 5.75 Å². The molecule has 0 spiro atoms. The number of likely N-dealkylation sites (N-methyl/N-ethyl adjacent to an activating group) is 1. The zero-order valence-electron chi connectivity index (χ0n) is 16.5. The molecule has 2 aromatic rings. The van der Waals surface area contributed by atoms with Gasteiger partial charge in [0.1, 0.15) is 5.75 Å². The quantitative estimate of drug-likeness (QED) is 0.770. The number of hydrogen-bond donors (Lipinski definition) is 1. The van der Waals surface area contributed by atoms with Gasteiger partial charge in [0.2, 0.25) is 0 Å². The average molecular weight is 402 g/mol. The highest BCUT2D eigenvalue weighted by Gasteiger charge is 2.19. The molecule has 1 N–H and O–H groups in total. The highest BCUT2D eigenvalue weighted by Crippen LogP contribution is 2.25. The largest absolute Gasteiger partial charge is 0.479 e. The average Bonchev–Trinajstić information content (AvgIpc) is 2.72. The minimum absolute atomic E-state index is 0.134. The van der Waals surface area contributed by atoms with Gasteiger partial charge < -0.3 is 19.9 Å². The van der Waals surface area contributed by atoms with E-state index in [-0.39, 0.29) is 5.91 Å². The smallest absolute Gasteiger partial charge is 0.261 e. The first kappa shape index (κ1) is 20.5. The lowest BCUT2D eigenvalue weighted by molar-refractivity contribution is -0.128. The number of amides is 1. The van der Waals surface area contributed by atoms with Crippen LogP contribution in [0, 0.1) is 0 Å². The van der Waals surface area contributed by atoms with Crippen LogP contribution in [0.25, 0.3) is 0 Å². The van der Waals surface area contributed by atoms with Gasteiger partial charge in [-0.3, -0.25) is 4.79 Å². The number of carbonyl (C=O) groups is 1. The summed E-state index contributed by atoms with van der Waals surface area (Å²) < 4.78 is 5.80. The zero-order valence-corrected chi connectivity index (χ0v) is 17.3. The van der Waals surface area contributed by atoms with Gasteiger partial charge in [0, 0.05) is 38.4 Å². The summed E-state index contributed by atoms with van der Waals surface area (Å²) in [6.07, 6.45) is 0.00358. The van der Waals surface area contributed by atoms with E-state index in [0.29, 0.717) is 23.7 Å². The Morgan fingerprint density at radius 2 is 1.79 bits per heavy atom. The Labute approximate surface area is 172 Å². The Morgan fingerprint density at radius 3 is 2.43 bits per heavy atom. The molecule has 0 radical (unpaired) electrons. The molecule has 0 aliphatic carbocycles. The van der Waals surface area contributed by atoms with Gasteiger partial charge >= 0.3 is 0 Å². The molecule has 0 saturated carbocycles. The van der Waals surface area contributed by atoms with Crippen LogP contribution < -0.4 is 15.0 Å². The van der Waals surface area contributed by atoms with Gasteiger partial charge in [-0.05, 0) is 43.3 Å². The lowest BCUT2D eigenvalue weighted by atomic mass is 10.1. The van der Waals surface area contributed by atoms with E-state index in [0.717, 1.165) is 31.7 Å². The summed E-state index contributed by atoms with van der Waals surface area (Å²) in [5.41, 5.74) is 2.30. The Balaban J connectivity index is 1.52.